The first kappa shape index (κ1) is 24.6. The first-order valence-corrected chi connectivity index (χ1v) is 11.0. The number of ether oxygens (including phenoxy) is 1. The molecule has 3 rings (SSSR count). The van der Waals surface area contributed by atoms with Crippen molar-refractivity contribution in [2.75, 3.05) is 46.4 Å². The van der Waals surface area contributed by atoms with Crippen LogP contribution in [0.1, 0.15) is 29.2 Å². The third kappa shape index (κ3) is 6.95. The summed E-state index contributed by atoms with van der Waals surface area (Å²) in [5, 5.41) is 8.83. The van der Waals surface area contributed by atoms with Crippen LogP contribution in [0, 0.1) is 0 Å². The lowest BCUT2D eigenvalue weighted by Crippen LogP contribution is -2.47. The second-order valence-electron chi connectivity index (χ2n) is 7.15. The first-order chi connectivity index (χ1) is 14.2. The van der Waals surface area contributed by atoms with Crippen LogP contribution in [-0.2, 0) is 9.53 Å². The average Bonchev–Trinajstić information content (AvgIpc) is 3.32. The SMILES string of the molecule is CN=C(NCC(C)c1cccs1)NCC(C(=O)N1CCOCC1)c1ccccc1.I. The van der Waals surface area contributed by atoms with Crippen LogP contribution in [0.15, 0.2) is 52.8 Å². The largest absolute Gasteiger partial charge is 0.378 e. The standard InChI is InChI=1S/C22H30N4O2S.HI/c1-17(20-9-6-14-29-20)15-24-22(23-2)25-16-19(18-7-4-3-5-8-18)21(27)26-10-12-28-13-11-26;/h3-9,14,17,19H,10-13,15-16H2,1-2H3,(H2,23,24,25);1H. The van der Waals surface area contributed by atoms with Gasteiger partial charge in [0.2, 0.25) is 5.91 Å². The Hall–Kier alpha value is -1.65. The van der Waals surface area contributed by atoms with Gasteiger partial charge >= 0.3 is 0 Å². The molecule has 1 aliphatic rings. The Labute approximate surface area is 200 Å². The quantitative estimate of drug-likeness (QED) is 0.320. The number of carbonyl (C=O) groups excluding carboxylic acids is 1. The van der Waals surface area contributed by atoms with E-state index in [0.717, 1.165) is 12.1 Å². The lowest BCUT2D eigenvalue weighted by molar-refractivity contribution is -0.136. The van der Waals surface area contributed by atoms with Gasteiger partial charge in [-0.1, -0.05) is 43.3 Å². The number of nitrogens with zero attached hydrogens (tertiary/aromatic N) is 2. The third-order valence-corrected chi connectivity index (χ3v) is 6.23. The van der Waals surface area contributed by atoms with E-state index in [0.29, 0.717) is 44.7 Å². The van der Waals surface area contributed by atoms with Crippen LogP contribution >= 0.6 is 35.3 Å². The minimum atomic E-state index is -0.262. The van der Waals surface area contributed by atoms with Gasteiger partial charge in [-0.05, 0) is 17.0 Å². The lowest BCUT2D eigenvalue weighted by Gasteiger charge is -2.31. The van der Waals surface area contributed by atoms with E-state index >= 15 is 0 Å². The van der Waals surface area contributed by atoms with Crippen LogP contribution < -0.4 is 10.6 Å². The zero-order valence-corrected chi connectivity index (χ0v) is 20.7. The molecule has 8 heteroatoms. The molecular formula is C22H31IN4O2S. The molecule has 2 aromatic rings. The molecule has 0 bridgehead atoms. The molecule has 2 N–H and O–H groups in total. The average molecular weight is 542 g/mol. The number of hydrogen-bond acceptors (Lipinski definition) is 4. The molecule has 1 aliphatic heterocycles. The maximum Gasteiger partial charge on any atom is 0.232 e. The highest BCUT2D eigenvalue weighted by Crippen LogP contribution is 2.20. The molecule has 1 fully saturated rings. The summed E-state index contributed by atoms with van der Waals surface area (Å²) < 4.78 is 5.40. The van der Waals surface area contributed by atoms with Crippen molar-refractivity contribution in [2.24, 2.45) is 4.99 Å². The number of hydrogen-bond donors (Lipinski definition) is 2. The summed E-state index contributed by atoms with van der Waals surface area (Å²) in [6, 6.07) is 14.2. The second kappa shape index (κ2) is 12.9. The molecule has 2 heterocycles. The Morgan fingerprint density at radius 1 is 1.13 bits per heavy atom. The van der Waals surface area contributed by atoms with Crippen LogP contribution in [0.3, 0.4) is 0 Å². The Morgan fingerprint density at radius 2 is 1.83 bits per heavy atom. The molecule has 164 valence electrons. The highest BCUT2D eigenvalue weighted by atomic mass is 127. The van der Waals surface area contributed by atoms with Gasteiger partial charge in [-0.15, -0.1) is 35.3 Å². The number of aliphatic imine (C=N–C) groups is 1. The first-order valence-electron chi connectivity index (χ1n) is 10.1. The fourth-order valence-corrected chi connectivity index (χ4v) is 4.17. The molecule has 0 aliphatic carbocycles. The monoisotopic (exact) mass is 542 g/mol. The van der Waals surface area contributed by atoms with Crippen molar-refractivity contribution in [1.82, 2.24) is 15.5 Å². The van der Waals surface area contributed by atoms with Crippen LogP contribution in [0.25, 0.3) is 0 Å². The summed E-state index contributed by atoms with van der Waals surface area (Å²) in [5.41, 5.74) is 1.01. The minimum absolute atomic E-state index is 0. The van der Waals surface area contributed by atoms with Crippen molar-refractivity contribution in [2.45, 2.75) is 18.8 Å². The number of nitrogens with one attached hydrogen (secondary N) is 2. The Balaban J connectivity index is 0.00000320. The van der Waals surface area contributed by atoms with Crippen LogP contribution in [0.2, 0.25) is 0 Å². The lowest BCUT2D eigenvalue weighted by atomic mass is 9.97. The highest BCUT2D eigenvalue weighted by molar-refractivity contribution is 14.0. The number of guanidine groups is 1. The van der Waals surface area contributed by atoms with E-state index in [1.54, 1.807) is 18.4 Å². The number of benzene rings is 1. The van der Waals surface area contributed by atoms with Gasteiger partial charge in [0.05, 0.1) is 19.1 Å². The van der Waals surface area contributed by atoms with Gasteiger partial charge in [0.1, 0.15) is 0 Å². The minimum Gasteiger partial charge on any atom is -0.378 e. The third-order valence-electron chi connectivity index (χ3n) is 5.12. The molecule has 2 unspecified atom stereocenters. The predicted octanol–water partition coefficient (Wildman–Crippen LogP) is 3.28. The van der Waals surface area contributed by atoms with E-state index < -0.39 is 0 Å². The summed E-state index contributed by atoms with van der Waals surface area (Å²) in [7, 11) is 1.76. The molecule has 6 nitrogen and oxygen atoms in total. The van der Waals surface area contributed by atoms with E-state index in [9.17, 15) is 4.79 Å². The normalized spacial score (nSPS) is 16.3. The van der Waals surface area contributed by atoms with E-state index in [1.165, 1.54) is 4.88 Å². The molecule has 30 heavy (non-hydrogen) atoms. The number of morpholine rings is 1. The number of thiophene rings is 1. The molecule has 0 saturated carbocycles. The van der Waals surface area contributed by atoms with Gasteiger partial charge in [0, 0.05) is 44.0 Å². The Morgan fingerprint density at radius 3 is 2.47 bits per heavy atom. The van der Waals surface area contributed by atoms with E-state index in [1.807, 2.05) is 35.2 Å². The molecule has 1 aromatic carbocycles. The highest BCUT2D eigenvalue weighted by Gasteiger charge is 2.27. The fourth-order valence-electron chi connectivity index (χ4n) is 3.38. The van der Waals surface area contributed by atoms with Crippen molar-refractivity contribution < 1.29 is 9.53 Å². The number of carbonyl (C=O) groups is 1. The van der Waals surface area contributed by atoms with Gasteiger partial charge < -0.3 is 20.3 Å². The molecule has 1 amide bonds. The molecule has 1 aromatic heterocycles. The van der Waals surface area contributed by atoms with Gasteiger partial charge in [-0.25, -0.2) is 0 Å². The zero-order chi connectivity index (χ0) is 20.5. The predicted molar refractivity (Wildman–Crippen MR) is 134 cm³/mol. The number of rotatable bonds is 7. The summed E-state index contributed by atoms with van der Waals surface area (Å²) in [6.45, 7) is 5.97. The van der Waals surface area contributed by atoms with Crippen molar-refractivity contribution in [1.29, 1.82) is 0 Å². The summed E-state index contributed by atoms with van der Waals surface area (Å²) in [6.07, 6.45) is 0. The van der Waals surface area contributed by atoms with Gasteiger partial charge in [-0.3, -0.25) is 9.79 Å². The topological polar surface area (TPSA) is 66.0 Å². The van der Waals surface area contributed by atoms with Crippen molar-refractivity contribution in [3.63, 3.8) is 0 Å². The second-order valence-corrected chi connectivity index (χ2v) is 8.13. The molecular weight excluding hydrogens is 511 g/mol. The van der Waals surface area contributed by atoms with Crippen LogP contribution in [0.4, 0.5) is 0 Å². The smallest absolute Gasteiger partial charge is 0.232 e. The zero-order valence-electron chi connectivity index (χ0n) is 17.5. The fraction of sp³-hybridized carbons (Fsp3) is 0.455. The van der Waals surface area contributed by atoms with E-state index in [4.69, 9.17) is 4.74 Å². The molecule has 0 radical (unpaired) electrons. The van der Waals surface area contributed by atoms with Crippen LogP contribution in [0.5, 0.6) is 0 Å². The van der Waals surface area contributed by atoms with E-state index in [2.05, 4.69) is 40.1 Å². The summed E-state index contributed by atoms with van der Waals surface area (Å²) in [4.78, 5) is 20.8. The molecule has 1 saturated heterocycles. The van der Waals surface area contributed by atoms with Gasteiger partial charge in [0.25, 0.3) is 0 Å². The van der Waals surface area contributed by atoms with Crippen molar-refractivity contribution in [3.8, 4) is 0 Å². The summed E-state index contributed by atoms with van der Waals surface area (Å²) >= 11 is 1.76. The number of halogens is 1. The maximum absolute atomic E-state index is 13.2. The van der Waals surface area contributed by atoms with Crippen molar-refractivity contribution >= 4 is 47.2 Å². The van der Waals surface area contributed by atoms with Crippen LogP contribution in [-0.4, -0.2) is 63.2 Å². The van der Waals surface area contributed by atoms with Gasteiger partial charge in [-0.2, -0.15) is 0 Å². The summed E-state index contributed by atoms with van der Waals surface area (Å²) in [5.74, 6) is 0.981. The maximum atomic E-state index is 13.2. The van der Waals surface area contributed by atoms with E-state index in [-0.39, 0.29) is 35.8 Å². The van der Waals surface area contributed by atoms with Gasteiger partial charge in [0.15, 0.2) is 5.96 Å². The molecule has 2 atom stereocenters. The Bertz CT molecular complexity index is 780. The molecule has 0 spiro atoms. The van der Waals surface area contributed by atoms with Crippen molar-refractivity contribution in [3.05, 3.63) is 58.3 Å². The number of amides is 1. The Kier molecular flexibility index (Phi) is 10.6.